The van der Waals surface area contributed by atoms with E-state index in [4.69, 9.17) is 18.9 Å². The SMILES string of the molecule is O=C(Nc1ccc(OCC2CCCO2)cc1)c1ccccc1OCCOc1ccccc1. The number of carbonyl (C=O) groups excluding carboxylic acids is 1. The number of amides is 1. The number of carbonyl (C=O) groups is 1. The van der Waals surface area contributed by atoms with Crippen LogP contribution in [0, 0.1) is 0 Å². The molecule has 0 aliphatic carbocycles. The standard InChI is InChI=1S/C26H27NO5/c28-26(27-20-12-14-22(15-13-20)32-19-23-9-6-16-29-23)24-10-4-5-11-25(24)31-18-17-30-21-7-2-1-3-8-21/h1-5,7-8,10-15,23H,6,9,16-19H2,(H,27,28). The fourth-order valence-electron chi connectivity index (χ4n) is 3.41. The topological polar surface area (TPSA) is 66.0 Å². The van der Waals surface area contributed by atoms with E-state index in [9.17, 15) is 4.79 Å². The van der Waals surface area contributed by atoms with Crippen LogP contribution in [0.1, 0.15) is 23.2 Å². The van der Waals surface area contributed by atoms with Crippen LogP contribution in [0.5, 0.6) is 17.2 Å². The van der Waals surface area contributed by atoms with Gasteiger partial charge in [-0.25, -0.2) is 0 Å². The lowest BCUT2D eigenvalue weighted by atomic mass is 10.2. The van der Waals surface area contributed by atoms with Crippen molar-refractivity contribution in [1.29, 1.82) is 0 Å². The van der Waals surface area contributed by atoms with E-state index in [2.05, 4.69) is 5.32 Å². The fourth-order valence-corrected chi connectivity index (χ4v) is 3.41. The Hall–Kier alpha value is -3.51. The van der Waals surface area contributed by atoms with Gasteiger partial charge in [-0.15, -0.1) is 0 Å². The lowest BCUT2D eigenvalue weighted by Gasteiger charge is -2.13. The maximum absolute atomic E-state index is 12.8. The van der Waals surface area contributed by atoms with Gasteiger partial charge in [0.2, 0.25) is 0 Å². The fraction of sp³-hybridized carbons (Fsp3) is 0.269. The molecule has 1 fully saturated rings. The summed E-state index contributed by atoms with van der Waals surface area (Å²) in [5.74, 6) is 1.81. The molecule has 1 N–H and O–H groups in total. The molecule has 6 heteroatoms. The van der Waals surface area contributed by atoms with Crippen molar-refractivity contribution in [3.63, 3.8) is 0 Å². The number of ether oxygens (including phenoxy) is 4. The Balaban J connectivity index is 1.28. The smallest absolute Gasteiger partial charge is 0.259 e. The van der Waals surface area contributed by atoms with E-state index in [1.54, 1.807) is 12.1 Å². The zero-order valence-electron chi connectivity index (χ0n) is 17.9. The Morgan fingerprint density at radius 3 is 2.34 bits per heavy atom. The van der Waals surface area contributed by atoms with Gasteiger partial charge in [-0.1, -0.05) is 30.3 Å². The first-order valence-electron chi connectivity index (χ1n) is 10.8. The van der Waals surface area contributed by atoms with Gasteiger partial charge >= 0.3 is 0 Å². The third-order valence-corrected chi connectivity index (χ3v) is 5.06. The molecule has 6 nitrogen and oxygen atoms in total. The van der Waals surface area contributed by atoms with Crippen LogP contribution in [-0.2, 0) is 4.74 Å². The van der Waals surface area contributed by atoms with Crippen molar-refractivity contribution in [1.82, 2.24) is 0 Å². The van der Waals surface area contributed by atoms with E-state index in [1.165, 1.54) is 0 Å². The minimum absolute atomic E-state index is 0.170. The van der Waals surface area contributed by atoms with E-state index in [0.29, 0.717) is 36.8 Å². The van der Waals surface area contributed by atoms with E-state index in [1.807, 2.05) is 66.7 Å². The minimum atomic E-state index is -0.238. The molecule has 1 aliphatic heterocycles. The second-order valence-corrected chi connectivity index (χ2v) is 7.43. The lowest BCUT2D eigenvalue weighted by Crippen LogP contribution is -2.16. The second kappa shape index (κ2) is 11.2. The van der Waals surface area contributed by atoms with Gasteiger partial charge in [0, 0.05) is 12.3 Å². The zero-order chi connectivity index (χ0) is 22.0. The molecule has 32 heavy (non-hydrogen) atoms. The number of anilines is 1. The average molecular weight is 434 g/mol. The van der Waals surface area contributed by atoms with E-state index in [0.717, 1.165) is 30.9 Å². The Morgan fingerprint density at radius 2 is 1.56 bits per heavy atom. The molecule has 1 heterocycles. The predicted molar refractivity (Wildman–Crippen MR) is 123 cm³/mol. The molecule has 1 saturated heterocycles. The first-order chi connectivity index (χ1) is 15.8. The van der Waals surface area contributed by atoms with Gasteiger partial charge in [0.05, 0.1) is 11.7 Å². The van der Waals surface area contributed by atoms with Gasteiger partial charge in [-0.2, -0.15) is 0 Å². The highest BCUT2D eigenvalue weighted by molar-refractivity contribution is 6.06. The molecule has 3 aromatic rings. The predicted octanol–water partition coefficient (Wildman–Crippen LogP) is 4.95. The van der Waals surface area contributed by atoms with Crippen molar-refractivity contribution in [3.8, 4) is 17.2 Å². The van der Waals surface area contributed by atoms with Gasteiger partial charge in [-0.05, 0) is 61.4 Å². The summed E-state index contributed by atoms with van der Waals surface area (Å²) >= 11 is 0. The molecule has 1 atom stereocenters. The van der Waals surface area contributed by atoms with Crippen molar-refractivity contribution < 1.29 is 23.7 Å². The van der Waals surface area contributed by atoms with Crippen LogP contribution in [0.4, 0.5) is 5.69 Å². The Bertz CT molecular complexity index is 985. The normalized spacial score (nSPS) is 15.2. The first kappa shape index (κ1) is 21.7. The third kappa shape index (κ3) is 6.25. The van der Waals surface area contributed by atoms with Gasteiger partial charge < -0.3 is 24.3 Å². The lowest BCUT2D eigenvalue weighted by molar-refractivity contribution is 0.0679. The summed E-state index contributed by atoms with van der Waals surface area (Å²) < 4.78 is 22.8. The number of hydrogen-bond acceptors (Lipinski definition) is 5. The second-order valence-electron chi connectivity index (χ2n) is 7.43. The van der Waals surface area contributed by atoms with Gasteiger partial charge in [0.15, 0.2) is 0 Å². The summed E-state index contributed by atoms with van der Waals surface area (Å²) in [6, 6.07) is 24.0. The maximum atomic E-state index is 12.8. The van der Waals surface area contributed by atoms with Crippen molar-refractivity contribution in [2.45, 2.75) is 18.9 Å². The summed E-state index contributed by atoms with van der Waals surface area (Å²) in [6.45, 7) is 2.07. The monoisotopic (exact) mass is 433 g/mol. The summed E-state index contributed by atoms with van der Waals surface area (Å²) in [5.41, 5.74) is 1.15. The molecule has 3 aromatic carbocycles. The van der Waals surface area contributed by atoms with Crippen LogP contribution >= 0.6 is 0 Å². The molecule has 1 aliphatic rings. The molecular formula is C26H27NO5. The van der Waals surface area contributed by atoms with Crippen LogP contribution in [-0.4, -0.2) is 38.4 Å². The Labute approximate surface area is 188 Å². The number of nitrogens with one attached hydrogen (secondary N) is 1. The van der Waals surface area contributed by atoms with Crippen LogP contribution in [0.25, 0.3) is 0 Å². The molecule has 0 radical (unpaired) electrons. The van der Waals surface area contributed by atoms with Gasteiger partial charge in [0.1, 0.15) is 37.1 Å². The van der Waals surface area contributed by atoms with E-state index >= 15 is 0 Å². The van der Waals surface area contributed by atoms with Crippen LogP contribution < -0.4 is 19.5 Å². The van der Waals surface area contributed by atoms with Gasteiger partial charge in [0.25, 0.3) is 5.91 Å². The van der Waals surface area contributed by atoms with Crippen molar-refractivity contribution in [2.75, 3.05) is 31.7 Å². The minimum Gasteiger partial charge on any atom is -0.491 e. The summed E-state index contributed by atoms with van der Waals surface area (Å²) in [5, 5.41) is 2.91. The number of para-hydroxylation sites is 2. The molecule has 1 unspecified atom stereocenters. The van der Waals surface area contributed by atoms with Crippen molar-refractivity contribution >= 4 is 11.6 Å². The van der Waals surface area contributed by atoms with Crippen LogP contribution in [0.15, 0.2) is 78.9 Å². The molecule has 166 valence electrons. The van der Waals surface area contributed by atoms with Gasteiger partial charge in [-0.3, -0.25) is 4.79 Å². The molecule has 0 saturated carbocycles. The van der Waals surface area contributed by atoms with E-state index < -0.39 is 0 Å². The summed E-state index contributed by atoms with van der Waals surface area (Å²) in [4.78, 5) is 12.8. The Morgan fingerprint density at radius 1 is 0.844 bits per heavy atom. The third-order valence-electron chi connectivity index (χ3n) is 5.06. The maximum Gasteiger partial charge on any atom is 0.259 e. The molecule has 4 rings (SSSR count). The van der Waals surface area contributed by atoms with Crippen LogP contribution in [0.3, 0.4) is 0 Å². The highest BCUT2D eigenvalue weighted by atomic mass is 16.5. The average Bonchev–Trinajstić information content (AvgIpc) is 3.36. The number of benzene rings is 3. The zero-order valence-corrected chi connectivity index (χ0v) is 17.9. The molecule has 1 amide bonds. The van der Waals surface area contributed by atoms with E-state index in [-0.39, 0.29) is 12.0 Å². The van der Waals surface area contributed by atoms with Crippen molar-refractivity contribution in [2.24, 2.45) is 0 Å². The molecule has 0 aromatic heterocycles. The Kier molecular flexibility index (Phi) is 7.60. The largest absolute Gasteiger partial charge is 0.491 e. The van der Waals surface area contributed by atoms with Crippen LogP contribution in [0.2, 0.25) is 0 Å². The number of rotatable bonds is 10. The number of hydrogen-bond donors (Lipinski definition) is 1. The highest BCUT2D eigenvalue weighted by Crippen LogP contribution is 2.22. The molecule has 0 bridgehead atoms. The first-order valence-corrected chi connectivity index (χ1v) is 10.8. The highest BCUT2D eigenvalue weighted by Gasteiger charge is 2.16. The summed E-state index contributed by atoms with van der Waals surface area (Å²) in [6.07, 6.45) is 2.29. The quantitative estimate of drug-likeness (QED) is 0.458. The van der Waals surface area contributed by atoms with Crippen molar-refractivity contribution in [3.05, 3.63) is 84.4 Å². The summed E-state index contributed by atoms with van der Waals surface area (Å²) in [7, 11) is 0. The molecular weight excluding hydrogens is 406 g/mol. The molecule has 0 spiro atoms.